The van der Waals surface area contributed by atoms with E-state index in [1.54, 1.807) is 11.1 Å². The van der Waals surface area contributed by atoms with Gasteiger partial charge in [-0.15, -0.1) is 0 Å². The van der Waals surface area contributed by atoms with E-state index in [9.17, 15) is 0 Å². The summed E-state index contributed by atoms with van der Waals surface area (Å²) in [7, 11) is 0. The van der Waals surface area contributed by atoms with E-state index >= 15 is 0 Å². The maximum absolute atomic E-state index is 2.42. The van der Waals surface area contributed by atoms with Crippen molar-refractivity contribution in [2.45, 2.75) is 116 Å². The van der Waals surface area contributed by atoms with Gasteiger partial charge in [-0.2, -0.15) is 0 Å². The molecule has 0 bridgehead atoms. The molecule has 0 spiro atoms. The zero-order valence-corrected chi connectivity index (χ0v) is 20.8. The van der Waals surface area contributed by atoms with Crippen LogP contribution in [0.4, 0.5) is 0 Å². The molecule has 2 saturated carbocycles. The Morgan fingerprint density at radius 2 is 0.938 bits per heavy atom. The van der Waals surface area contributed by atoms with Crippen molar-refractivity contribution < 1.29 is 0 Å². The zero-order valence-electron chi connectivity index (χ0n) is 20.8. The van der Waals surface area contributed by atoms with Crippen LogP contribution >= 0.6 is 0 Å². The van der Waals surface area contributed by atoms with E-state index in [2.05, 4.69) is 62.4 Å². The Morgan fingerprint density at radius 1 is 0.500 bits per heavy atom. The normalized spacial score (nSPS) is 26.2. The van der Waals surface area contributed by atoms with E-state index in [1.807, 2.05) is 0 Å². The maximum atomic E-state index is 2.42. The fourth-order valence-electron chi connectivity index (χ4n) is 6.56. The van der Waals surface area contributed by atoms with Crippen molar-refractivity contribution in [1.82, 2.24) is 0 Å². The molecule has 4 rings (SSSR count). The molecule has 0 nitrogen and oxygen atoms in total. The number of unbranched alkanes of at least 4 members (excludes halogenated alkanes) is 2. The Labute approximate surface area is 198 Å². The van der Waals surface area contributed by atoms with Gasteiger partial charge in [0.1, 0.15) is 0 Å². The molecule has 174 valence electrons. The fourth-order valence-corrected chi connectivity index (χ4v) is 6.56. The highest BCUT2D eigenvalue weighted by Crippen LogP contribution is 2.39. The largest absolute Gasteiger partial charge is 0.0654 e. The molecule has 0 N–H and O–H groups in total. The molecule has 0 radical (unpaired) electrons. The predicted molar refractivity (Wildman–Crippen MR) is 140 cm³/mol. The van der Waals surface area contributed by atoms with Crippen molar-refractivity contribution in [1.29, 1.82) is 0 Å². The van der Waals surface area contributed by atoms with Crippen molar-refractivity contribution in [3.8, 4) is 11.1 Å². The van der Waals surface area contributed by atoms with E-state index in [-0.39, 0.29) is 0 Å². The van der Waals surface area contributed by atoms with E-state index in [4.69, 9.17) is 0 Å². The molecule has 0 aliphatic heterocycles. The number of hydrogen-bond donors (Lipinski definition) is 0. The average molecular weight is 431 g/mol. The Hall–Kier alpha value is -1.56. The van der Waals surface area contributed by atoms with Crippen LogP contribution in [0, 0.1) is 11.8 Å². The van der Waals surface area contributed by atoms with Gasteiger partial charge in [-0.3, -0.25) is 0 Å². The molecule has 0 unspecified atom stereocenters. The van der Waals surface area contributed by atoms with Crippen molar-refractivity contribution >= 4 is 0 Å². The minimum Gasteiger partial charge on any atom is -0.0654 e. The Bertz CT molecular complexity index is 768. The van der Waals surface area contributed by atoms with Gasteiger partial charge in [-0.05, 0) is 97.3 Å². The number of rotatable bonds is 9. The van der Waals surface area contributed by atoms with Crippen LogP contribution in [0.3, 0.4) is 0 Å². The first kappa shape index (κ1) is 23.6. The molecule has 32 heavy (non-hydrogen) atoms. The van der Waals surface area contributed by atoms with Gasteiger partial charge in [-0.1, -0.05) is 101 Å². The number of benzene rings is 2. The van der Waals surface area contributed by atoms with E-state index in [1.165, 1.54) is 101 Å². The van der Waals surface area contributed by atoms with Crippen molar-refractivity contribution in [3.63, 3.8) is 0 Å². The van der Waals surface area contributed by atoms with Gasteiger partial charge in [0, 0.05) is 0 Å². The molecule has 2 aromatic rings. The summed E-state index contributed by atoms with van der Waals surface area (Å²) < 4.78 is 0. The van der Waals surface area contributed by atoms with Crippen LogP contribution < -0.4 is 0 Å². The average Bonchev–Trinajstić information content (AvgIpc) is 2.86. The van der Waals surface area contributed by atoms with Gasteiger partial charge in [-0.25, -0.2) is 0 Å². The molecular weight excluding hydrogens is 384 g/mol. The Balaban J connectivity index is 1.29. The molecular formula is C32H46. The maximum Gasteiger partial charge on any atom is -0.0162 e. The fraction of sp³-hybridized carbons (Fsp3) is 0.625. The second kappa shape index (κ2) is 12.1. The first-order chi connectivity index (χ1) is 15.8. The van der Waals surface area contributed by atoms with Gasteiger partial charge in [0.25, 0.3) is 0 Å². The van der Waals surface area contributed by atoms with Gasteiger partial charge >= 0.3 is 0 Å². The molecule has 0 aromatic heterocycles. The van der Waals surface area contributed by atoms with E-state index in [0.29, 0.717) is 0 Å². The van der Waals surface area contributed by atoms with Crippen LogP contribution in [0.2, 0.25) is 0 Å². The molecule has 0 atom stereocenters. The van der Waals surface area contributed by atoms with Crippen molar-refractivity contribution in [3.05, 3.63) is 59.7 Å². The quantitative estimate of drug-likeness (QED) is 0.347. The molecule has 0 heteroatoms. The standard InChI is InChI=1S/C32H46/c1-3-5-6-8-26-11-15-28(16-12-26)30-19-23-32(24-20-30)31-21-17-29(18-22-31)27-13-9-25(7-4-2)10-14-27/h17-28H,3-16H2,1-2H3. The lowest BCUT2D eigenvalue weighted by Gasteiger charge is -2.29. The number of hydrogen-bond acceptors (Lipinski definition) is 0. The lowest BCUT2D eigenvalue weighted by atomic mass is 9.76. The van der Waals surface area contributed by atoms with E-state index in [0.717, 1.165) is 23.7 Å². The monoisotopic (exact) mass is 430 g/mol. The van der Waals surface area contributed by atoms with Gasteiger partial charge < -0.3 is 0 Å². The predicted octanol–water partition coefficient (Wildman–Crippen LogP) is 10.3. The zero-order chi connectivity index (χ0) is 22.2. The smallest absolute Gasteiger partial charge is 0.0162 e. The minimum absolute atomic E-state index is 0.789. The highest BCUT2D eigenvalue weighted by atomic mass is 14.3. The van der Waals surface area contributed by atoms with Gasteiger partial charge in [0.2, 0.25) is 0 Å². The van der Waals surface area contributed by atoms with Crippen LogP contribution in [0.5, 0.6) is 0 Å². The SMILES string of the molecule is CCCCCC1CCC(c2ccc(-c3ccc(C4CCC(CCC)CC4)cc3)cc2)CC1. The summed E-state index contributed by atoms with van der Waals surface area (Å²) in [5.74, 6) is 3.57. The van der Waals surface area contributed by atoms with Crippen LogP contribution in [0.1, 0.15) is 127 Å². The van der Waals surface area contributed by atoms with Crippen LogP contribution in [0.25, 0.3) is 11.1 Å². The van der Waals surface area contributed by atoms with Gasteiger partial charge in [0.05, 0.1) is 0 Å². The topological polar surface area (TPSA) is 0 Å². The summed E-state index contributed by atoms with van der Waals surface area (Å²) in [6.07, 6.45) is 19.8. The van der Waals surface area contributed by atoms with Crippen LogP contribution in [-0.2, 0) is 0 Å². The summed E-state index contributed by atoms with van der Waals surface area (Å²) in [4.78, 5) is 0. The first-order valence-corrected chi connectivity index (χ1v) is 14.0. The summed E-state index contributed by atoms with van der Waals surface area (Å²) in [6, 6.07) is 19.1. The summed E-state index contributed by atoms with van der Waals surface area (Å²) in [5, 5.41) is 0. The Morgan fingerprint density at radius 3 is 1.34 bits per heavy atom. The second-order valence-electron chi connectivity index (χ2n) is 11.0. The van der Waals surface area contributed by atoms with Gasteiger partial charge in [0.15, 0.2) is 0 Å². The van der Waals surface area contributed by atoms with Crippen molar-refractivity contribution in [2.75, 3.05) is 0 Å². The summed E-state index contributed by atoms with van der Waals surface area (Å²) >= 11 is 0. The van der Waals surface area contributed by atoms with E-state index < -0.39 is 0 Å². The minimum atomic E-state index is 0.789. The van der Waals surface area contributed by atoms with Crippen LogP contribution in [0.15, 0.2) is 48.5 Å². The molecule has 0 heterocycles. The lowest BCUT2D eigenvalue weighted by molar-refractivity contribution is 0.303. The Kier molecular flexibility index (Phi) is 8.89. The summed E-state index contributed by atoms with van der Waals surface area (Å²) in [5.41, 5.74) is 5.89. The molecule has 0 amide bonds. The third-order valence-electron chi connectivity index (χ3n) is 8.70. The summed E-state index contributed by atoms with van der Waals surface area (Å²) in [6.45, 7) is 4.64. The third kappa shape index (κ3) is 6.27. The lowest BCUT2D eigenvalue weighted by Crippen LogP contribution is -2.13. The molecule has 2 fully saturated rings. The highest BCUT2D eigenvalue weighted by molar-refractivity contribution is 5.64. The molecule has 2 aliphatic carbocycles. The second-order valence-corrected chi connectivity index (χ2v) is 11.0. The van der Waals surface area contributed by atoms with Crippen LogP contribution in [-0.4, -0.2) is 0 Å². The molecule has 2 aliphatic rings. The first-order valence-electron chi connectivity index (χ1n) is 14.0. The molecule has 0 saturated heterocycles. The molecule has 2 aromatic carbocycles. The highest BCUT2D eigenvalue weighted by Gasteiger charge is 2.23. The third-order valence-corrected chi connectivity index (χ3v) is 8.70. The van der Waals surface area contributed by atoms with Crippen molar-refractivity contribution in [2.24, 2.45) is 11.8 Å².